The van der Waals surface area contributed by atoms with Crippen LogP contribution in [0.25, 0.3) is 0 Å². The first-order valence-electron chi connectivity index (χ1n) is 6.12. The topological polar surface area (TPSA) is 115 Å². The monoisotopic (exact) mass is 296 g/mol. The number of aliphatic carboxylic acids is 1. The number of hydrogen-bond donors (Lipinski definition) is 2. The van der Waals surface area contributed by atoms with Gasteiger partial charge in [0.2, 0.25) is 0 Å². The summed E-state index contributed by atoms with van der Waals surface area (Å²) >= 11 is 0. The van der Waals surface area contributed by atoms with Crippen molar-refractivity contribution in [2.24, 2.45) is 7.05 Å². The van der Waals surface area contributed by atoms with Gasteiger partial charge in [0, 0.05) is 31.3 Å². The lowest BCUT2D eigenvalue weighted by Crippen LogP contribution is -2.41. The Labute approximate surface area is 120 Å². The minimum atomic E-state index is -1.27. The van der Waals surface area contributed by atoms with Crippen LogP contribution in [0.1, 0.15) is 23.2 Å². The minimum absolute atomic E-state index is 0.0578. The van der Waals surface area contributed by atoms with Crippen LogP contribution in [0.4, 0.5) is 0 Å². The predicted octanol–water partition coefficient (Wildman–Crippen LogP) is -0.478. The van der Waals surface area contributed by atoms with Crippen molar-refractivity contribution < 1.29 is 24.2 Å². The van der Waals surface area contributed by atoms with Gasteiger partial charge in [-0.15, -0.1) is 0 Å². The molecule has 1 rings (SSSR count). The molecule has 1 aromatic heterocycles. The summed E-state index contributed by atoms with van der Waals surface area (Å²) in [5.74, 6) is -2.52. The third-order valence-corrected chi connectivity index (χ3v) is 2.83. The molecule has 2 N–H and O–H groups in total. The highest BCUT2D eigenvalue weighted by molar-refractivity contribution is 5.96. The summed E-state index contributed by atoms with van der Waals surface area (Å²) in [7, 11) is 2.72. The Morgan fingerprint density at radius 2 is 2.10 bits per heavy atom. The summed E-state index contributed by atoms with van der Waals surface area (Å²) < 4.78 is 5.69. The molecule has 0 radical (unpaired) electrons. The summed E-state index contributed by atoms with van der Waals surface area (Å²) in [6.45, 7) is 0. The van der Waals surface area contributed by atoms with Crippen molar-refractivity contribution in [3.05, 3.63) is 34.2 Å². The second-order valence-corrected chi connectivity index (χ2v) is 4.34. The number of hydrogen-bond acceptors (Lipinski definition) is 5. The number of nitrogens with one attached hydrogen (secondary N) is 1. The summed E-state index contributed by atoms with van der Waals surface area (Å²) in [6.07, 6.45) is 1.17. The van der Waals surface area contributed by atoms with E-state index < -0.39 is 23.9 Å². The number of aromatic nitrogens is 1. The Hall–Kier alpha value is -2.64. The lowest BCUT2D eigenvalue weighted by Gasteiger charge is -2.14. The summed E-state index contributed by atoms with van der Waals surface area (Å²) in [5.41, 5.74) is -0.327. The number of carboxylic acid groups (broad SMARTS) is 1. The van der Waals surface area contributed by atoms with Crippen molar-refractivity contribution in [3.63, 3.8) is 0 Å². The molecule has 1 aromatic rings. The summed E-state index contributed by atoms with van der Waals surface area (Å²) in [6, 6.07) is 1.27. The van der Waals surface area contributed by atoms with Gasteiger partial charge in [-0.05, 0) is 12.5 Å². The van der Waals surface area contributed by atoms with E-state index in [1.807, 2.05) is 0 Å². The molecule has 0 unspecified atom stereocenters. The molecule has 1 heterocycles. The van der Waals surface area contributed by atoms with Crippen LogP contribution >= 0.6 is 0 Å². The van der Waals surface area contributed by atoms with Gasteiger partial charge in [0.1, 0.15) is 6.04 Å². The van der Waals surface area contributed by atoms with E-state index in [-0.39, 0.29) is 24.0 Å². The standard InChI is InChI=1S/C13H16N2O6/c1-15-6-5-8(7-10(15)16)12(18)14-9(13(19)20)3-4-11(17)21-2/h5-7,9H,3-4H2,1-2H3,(H,14,18)(H,19,20)/t9-/m1/s1. The van der Waals surface area contributed by atoms with E-state index in [0.29, 0.717) is 0 Å². The number of carboxylic acids is 1. The van der Waals surface area contributed by atoms with Crippen LogP contribution in [0.3, 0.4) is 0 Å². The predicted molar refractivity (Wildman–Crippen MR) is 71.8 cm³/mol. The van der Waals surface area contributed by atoms with E-state index in [4.69, 9.17) is 5.11 Å². The zero-order valence-corrected chi connectivity index (χ0v) is 11.7. The fourth-order valence-corrected chi connectivity index (χ4v) is 1.55. The molecule has 0 spiro atoms. The van der Waals surface area contributed by atoms with Crippen LogP contribution in [-0.4, -0.2) is 40.7 Å². The molecule has 0 saturated heterocycles. The second kappa shape index (κ2) is 7.22. The lowest BCUT2D eigenvalue weighted by atomic mass is 10.1. The number of nitrogens with zero attached hydrogens (tertiary/aromatic N) is 1. The first kappa shape index (κ1) is 16.4. The number of esters is 1. The molecule has 21 heavy (non-hydrogen) atoms. The van der Waals surface area contributed by atoms with E-state index in [1.54, 1.807) is 0 Å². The maximum atomic E-state index is 11.9. The zero-order chi connectivity index (χ0) is 16.0. The van der Waals surface area contributed by atoms with Gasteiger partial charge in [-0.25, -0.2) is 4.79 Å². The van der Waals surface area contributed by atoms with Crippen LogP contribution in [0.5, 0.6) is 0 Å². The number of amides is 1. The first-order valence-corrected chi connectivity index (χ1v) is 6.12. The minimum Gasteiger partial charge on any atom is -0.480 e. The number of pyridine rings is 1. The Morgan fingerprint density at radius 1 is 1.43 bits per heavy atom. The molecular formula is C13H16N2O6. The number of aryl methyl sites for hydroxylation is 1. The molecule has 0 aromatic carbocycles. The van der Waals surface area contributed by atoms with Crippen LogP contribution in [-0.2, 0) is 21.4 Å². The van der Waals surface area contributed by atoms with Crippen molar-refractivity contribution in [2.45, 2.75) is 18.9 Å². The highest BCUT2D eigenvalue weighted by atomic mass is 16.5. The number of rotatable bonds is 6. The van der Waals surface area contributed by atoms with Gasteiger partial charge >= 0.3 is 11.9 Å². The molecule has 8 heteroatoms. The fraction of sp³-hybridized carbons (Fsp3) is 0.385. The highest BCUT2D eigenvalue weighted by Gasteiger charge is 2.22. The summed E-state index contributed by atoms with van der Waals surface area (Å²) in [4.78, 5) is 45.4. The molecule has 0 bridgehead atoms. The van der Waals surface area contributed by atoms with Crippen molar-refractivity contribution in [3.8, 4) is 0 Å². The zero-order valence-electron chi connectivity index (χ0n) is 11.7. The SMILES string of the molecule is COC(=O)CC[C@@H](NC(=O)c1ccn(C)c(=O)c1)C(=O)O. The molecular weight excluding hydrogens is 280 g/mol. The van der Waals surface area contributed by atoms with Gasteiger partial charge in [0.25, 0.3) is 11.5 Å². The van der Waals surface area contributed by atoms with Crippen molar-refractivity contribution in [1.29, 1.82) is 0 Å². The average Bonchev–Trinajstić information content (AvgIpc) is 2.45. The number of methoxy groups -OCH3 is 1. The largest absolute Gasteiger partial charge is 0.480 e. The quantitative estimate of drug-likeness (QED) is 0.685. The number of carbonyl (C=O) groups is 3. The van der Waals surface area contributed by atoms with Gasteiger partial charge in [-0.2, -0.15) is 0 Å². The molecule has 0 aliphatic rings. The lowest BCUT2D eigenvalue weighted by molar-refractivity contribution is -0.142. The molecule has 8 nitrogen and oxygen atoms in total. The molecule has 0 aliphatic carbocycles. The van der Waals surface area contributed by atoms with Crippen molar-refractivity contribution in [1.82, 2.24) is 9.88 Å². The Bertz CT molecular complexity index is 607. The normalized spacial score (nSPS) is 11.5. The molecule has 0 saturated carbocycles. The van der Waals surface area contributed by atoms with E-state index in [9.17, 15) is 19.2 Å². The Morgan fingerprint density at radius 3 is 2.62 bits per heavy atom. The Balaban J connectivity index is 2.76. The summed E-state index contributed by atoms with van der Waals surface area (Å²) in [5, 5.41) is 11.3. The van der Waals surface area contributed by atoms with E-state index >= 15 is 0 Å². The van der Waals surface area contributed by atoms with Gasteiger partial charge in [0.15, 0.2) is 0 Å². The second-order valence-electron chi connectivity index (χ2n) is 4.34. The fourth-order valence-electron chi connectivity index (χ4n) is 1.55. The smallest absolute Gasteiger partial charge is 0.326 e. The first-order chi connectivity index (χ1) is 9.85. The van der Waals surface area contributed by atoms with E-state index in [2.05, 4.69) is 10.1 Å². The third kappa shape index (κ3) is 4.75. The van der Waals surface area contributed by atoms with E-state index in [0.717, 1.165) is 6.07 Å². The number of ether oxygens (including phenoxy) is 1. The van der Waals surface area contributed by atoms with Gasteiger partial charge in [-0.1, -0.05) is 0 Å². The van der Waals surface area contributed by atoms with Crippen molar-refractivity contribution in [2.75, 3.05) is 7.11 Å². The highest BCUT2D eigenvalue weighted by Crippen LogP contribution is 2.02. The average molecular weight is 296 g/mol. The van der Waals surface area contributed by atoms with Crippen molar-refractivity contribution >= 4 is 17.8 Å². The van der Waals surface area contributed by atoms with Crippen LogP contribution < -0.4 is 10.9 Å². The Kier molecular flexibility index (Phi) is 5.65. The number of carbonyl (C=O) groups excluding carboxylic acids is 2. The molecule has 114 valence electrons. The third-order valence-electron chi connectivity index (χ3n) is 2.83. The molecule has 0 aliphatic heterocycles. The molecule has 1 atom stereocenters. The van der Waals surface area contributed by atoms with Crippen LogP contribution in [0, 0.1) is 0 Å². The van der Waals surface area contributed by atoms with Gasteiger partial charge < -0.3 is 19.7 Å². The van der Waals surface area contributed by atoms with Crippen LogP contribution in [0.15, 0.2) is 23.1 Å². The maximum Gasteiger partial charge on any atom is 0.326 e. The van der Waals surface area contributed by atoms with Gasteiger partial charge in [-0.3, -0.25) is 14.4 Å². The molecule has 1 amide bonds. The molecule has 0 fully saturated rings. The van der Waals surface area contributed by atoms with E-state index in [1.165, 1.54) is 31.0 Å². The van der Waals surface area contributed by atoms with Gasteiger partial charge in [0.05, 0.1) is 7.11 Å². The van der Waals surface area contributed by atoms with Crippen LogP contribution in [0.2, 0.25) is 0 Å². The maximum absolute atomic E-state index is 11.9.